The lowest BCUT2D eigenvalue weighted by Crippen LogP contribution is -1.69. The van der Waals surface area contributed by atoms with Crippen molar-refractivity contribution in [2.24, 2.45) is 5.73 Å². The molecule has 0 aliphatic carbocycles. The van der Waals surface area contributed by atoms with Crippen LogP contribution in [0.2, 0.25) is 0 Å². The minimum atomic E-state index is 1.25. The normalized spacial score (nSPS) is 7.08. The van der Waals surface area contributed by atoms with Crippen LogP contribution in [-0.4, -0.2) is 7.05 Å². The molecule has 0 fully saturated rings. The summed E-state index contributed by atoms with van der Waals surface area (Å²) in [6.45, 7) is 6.33. The first-order valence-corrected chi connectivity index (χ1v) is 4.40. The summed E-state index contributed by atoms with van der Waals surface area (Å²) in [5, 5.41) is 0. The smallest absolute Gasteiger partial charge is 0.0195 e. The highest BCUT2D eigenvalue weighted by atomic mass is 14.4. The lowest BCUT2D eigenvalue weighted by molar-refractivity contribution is 1.09. The summed E-state index contributed by atoms with van der Waals surface area (Å²) in [6, 6.07) is 10.3. The van der Waals surface area contributed by atoms with Crippen LogP contribution in [0.1, 0.15) is 25.8 Å². The molecule has 0 spiro atoms. The van der Waals surface area contributed by atoms with Gasteiger partial charge in [-0.25, -0.2) is 0 Å². The van der Waals surface area contributed by atoms with Crippen molar-refractivity contribution in [2.75, 3.05) is 7.05 Å². The van der Waals surface area contributed by atoms with Crippen LogP contribution < -0.4 is 5.73 Å². The van der Waals surface area contributed by atoms with Gasteiger partial charge in [-0.1, -0.05) is 56.2 Å². The number of benzene rings is 1. The van der Waals surface area contributed by atoms with E-state index in [2.05, 4.69) is 38.6 Å². The van der Waals surface area contributed by atoms with Crippen LogP contribution in [0.5, 0.6) is 0 Å². The lowest BCUT2D eigenvalue weighted by atomic mass is 10.2. The van der Waals surface area contributed by atoms with Gasteiger partial charge in [0.25, 0.3) is 0 Å². The second kappa shape index (κ2) is 12.8. The number of hydrogen-bond donors (Lipinski definition) is 1. The maximum atomic E-state index is 4.50. The molecule has 1 aromatic rings. The minimum Gasteiger partial charge on any atom is -0.333 e. The van der Waals surface area contributed by atoms with Gasteiger partial charge in [-0.2, -0.15) is 0 Å². The van der Waals surface area contributed by atoms with E-state index in [0.717, 1.165) is 0 Å². The highest BCUT2D eigenvalue weighted by molar-refractivity contribution is 5.11. The zero-order valence-corrected chi connectivity index (χ0v) is 8.67. The molecule has 0 unspecified atom stereocenters. The molecule has 0 aliphatic heterocycles. The molecule has 1 nitrogen and oxygen atoms in total. The third-order valence-electron chi connectivity index (χ3n) is 0.940. The van der Waals surface area contributed by atoms with Gasteiger partial charge in [-0.05, 0) is 14.0 Å². The van der Waals surface area contributed by atoms with Crippen LogP contribution in [0.4, 0.5) is 0 Å². The van der Waals surface area contributed by atoms with Crippen LogP contribution in [0.3, 0.4) is 0 Å². The molecule has 0 aliphatic rings. The van der Waals surface area contributed by atoms with Gasteiger partial charge in [0.05, 0.1) is 0 Å². The summed E-state index contributed by atoms with van der Waals surface area (Å²) in [4.78, 5) is 0. The van der Waals surface area contributed by atoms with Crippen molar-refractivity contribution >= 4 is 0 Å². The standard InChI is InChI=1S/C7H8.C3H8.CH5N/c1-7-5-3-2-4-6-7;1-3-2;1-2/h2-6H,1H3;3H2,1-2H3;2H2,1H3. The maximum absolute atomic E-state index is 4.50. The molecule has 0 bridgehead atoms. The largest absolute Gasteiger partial charge is 0.333 e. The van der Waals surface area contributed by atoms with Crippen LogP contribution in [0.15, 0.2) is 30.3 Å². The zero-order valence-electron chi connectivity index (χ0n) is 8.67. The third-order valence-corrected chi connectivity index (χ3v) is 0.940. The first kappa shape index (κ1) is 13.7. The van der Waals surface area contributed by atoms with Gasteiger partial charge in [0, 0.05) is 0 Å². The number of aryl methyl sites for hydroxylation is 1. The van der Waals surface area contributed by atoms with Crippen molar-refractivity contribution in [1.29, 1.82) is 0 Å². The predicted molar refractivity (Wildman–Crippen MR) is 57.3 cm³/mol. The second-order valence-corrected chi connectivity index (χ2v) is 2.36. The average Bonchev–Trinajstić information content (AvgIpc) is 2.11. The van der Waals surface area contributed by atoms with E-state index in [-0.39, 0.29) is 0 Å². The first-order chi connectivity index (χ1) is 5.81. The molecule has 0 amide bonds. The highest BCUT2D eigenvalue weighted by Gasteiger charge is 1.72. The highest BCUT2D eigenvalue weighted by Crippen LogP contribution is 1.92. The van der Waals surface area contributed by atoms with Gasteiger partial charge in [0.15, 0.2) is 0 Å². The molecule has 1 rings (SSSR count). The van der Waals surface area contributed by atoms with E-state index < -0.39 is 0 Å². The monoisotopic (exact) mass is 167 g/mol. The summed E-state index contributed by atoms with van der Waals surface area (Å²) in [5.74, 6) is 0. The molecule has 70 valence electrons. The summed E-state index contributed by atoms with van der Waals surface area (Å²) in [7, 11) is 1.50. The van der Waals surface area contributed by atoms with Gasteiger partial charge in [0.1, 0.15) is 0 Å². The Hall–Kier alpha value is -0.820. The van der Waals surface area contributed by atoms with Crippen LogP contribution in [0.25, 0.3) is 0 Å². The van der Waals surface area contributed by atoms with Crippen molar-refractivity contribution in [3.63, 3.8) is 0 Å². The van der Waals surface area contributed by atoms with E-state index in [0.29, 0.717) is 0 Å². The Morgan fingerprint density at radius 3 is 1.50 bits per heavy atom. The van der Waals surface area contributed by atoms with E-state index in [9.17, 15) is 0 Å². The summed E-state index contributed by atoms with van der Waals surface area (Å²) >= 11 is 0. The fraction of sp³-hybridized carbons (Fsp3) is 0.455. The topological polar surface area (TPSA) is 26.0 Å². The van der Waals surface area contributed by atoms with Crippen molar-refractivity contribution < 1.29 is 0 Å². The van der Waals surface area contributed by atoms with E-state index in [1.807, 2.05) is 18.2 Å². The van der Waals surface area contributed by atoms with Gasteiger partial charge in [0.2, 0.25) is 0 Å². The van der Waals surface area contributed by atoms with E-state index in [1.54, 1.807) is 0 Å². The van der Waals surface area contributed by atoms with Gasteiger partial charge in [-0.3, -0.25) is 0 Å². The second-order valence-electron chi connectivity index (χ2n) is 2.36. The Kier molecular flexibility index (Phi) is 14.7. The molecule has 2 N–H and O–H groups in total. The third kappa shape index (κ3) is 11.9. The predicted octanol–water partition coefficient (Wildman–Crippen LogP) is 2.99. The lowest BCUT2D eigenvalue weighted by Gasteiger charge is -1.82. The van der Waals surface area contributed by atoms with Gasteiger partial charge >= 0.3 is 0 Å². The molecule has 1 aromatic carbocycles. The Bertz CT molecular complexity index is 146. The molecule has 0 saturated heterocycles. The fourth-order valence-electron chi connectivity index (χ4n) is 0.534. The van der Waals surface area contributed by atoms with Gasteiger partial charge in [-0.15, -0.1) is 0 Å². The van der Waals surface area contributed by atoms with Crippen molar-refractivity contribution in [2.45, 2.75) is 27.2 Å². The first-order valence-electron chi connectivity index (χ1n) is 4.40. The van der Waals surface area contributed by atoms with Gasteiger partial charge < -0.3 is 5.73 Å². The molecule has 12 heavy (non-hydrogen) atoms. The van der Waals surface area contributed by atoms with Crippen molar-refractivity contribution in [3.8, 4) is 0 Å². The van der Waals surface area contributed by atoms with Crippen LogP contribution >= 0.6 is 0 Å². The molecule has 0 saturated carbocycles. The maximum Gasteiger partial charge on any atom is -0.0195 e. The molecular formula is C11H21N. The van der Waals surface area contributed by atoms with E-state index >= 15 is 0 Å². The van der Waals surface area contributed by atoms with E-state index in [1.165, 1.54) is 19.0 Å². The summed E-state index contributed by atoms with van der Waals surface area (Å²) in [5.41, 5.74) is 5.82. The molecule has 0 radical (unpaired) electrons. The van der Waals surface area contributed by atoms with Crippen molar-refractivity contribution in [3.05, 3.63) is 35.9 Å². The number of hydrogen-bond acceptors (Lipinski definition) is 1. The Labute approximate surface area is 76.6 Å². The summed E-state index contributed by atoms with van der Waals surface area (Å²) < 4.78 is 0. The van der Waals surface area contributed by atoms with Crippen LogP contribution in [-0.2, 0) is 0 Å². The Morgan fingerprint density at radius 1 is 1.00 bits per heavy atom. The average molecular weight is 167 g/mol. The number of nitrogens with two attached hydrogens (primary N) is 1. The minimum absolute atomic E-state index is 1.25. The zero-order chi connectivity index (χ0) is 9.82. The SMILES string of the molecule is CCC.CN.Cc1ccccc1. The Balaban J connectivity index is 0. The summed E-state index contributed by atoms with van der Waals surface area (Å²) in [6.07, 6.45) is 1.25. The molecular weight excluding hydrogens is 146 g/mol. The van der Waals surface area contributed by atoms with Crippen molar-refractivity contribution in [1.82, 2.24) is 0 Å². The quantitative estimate of drug-likeness (QED) is 0.631. The van der Waals surface area contributed by atoms with E-state index in [4.69, 9.17) is 0 Å². The van der Waals surface area contributed by atoms with Crippen LogP contribution in [0, 0.1) is 6.92 Å². The molecule has 0 heterocycles. The molecule has 0 atom stereocenters. The molecule has 0 aromatic heterocycles. The molecule has 1 heteroatoms. The fourth-order valence-corrected chi connectivity index (χ4v) is 0.534. The number of rotatable bonds is 0. The Morgan fingerprint density at radius 2 is 1.33 bits per heavy atom.